The largest absolute Gasteiger partial charge is 0.306 e. The van der Waals surface area contributed by atoms with E-state index in [9.17, 15) is 4.39 Å². The SMILES string of the molecule is CCC(NC(C)c1ccccc1)C(NC(C)c1ccccc1)c1ccc(F)cc1. The van der Waals surface area contributed by atoms with Crippen LogP contribution in [0.15, 0.2) is 84.9 Å². The van der Waals surface area contributed by atoms with E-state index >= 15 is 0 Å². The van der Waals surface area contributed by atoms with Crippen molar-refractivity contribution < 1.29 is 4.39 Å². The fraction of sp³-hybridized carbons (Fsp3) is 0.308. The van der Waals surface area contributed by atoms with Gasteiger partial charge in [-0.3, -0.25) is 0 Å². The van der Waals surface area contributed by atoms with Crippen molar-refractivity contribution in [2.24, 2.45) is 0 Å². The molecule has 0 aliphatic carbocycles. The van der Waals surface area contributed by atoms with Crippen LogP contribution in [0.2, 0.25) is 0 Å². The van der Waals surface area contributed by atoms with Gasteiger partial charge in [-0.1, -0.05) is 79.7 Å². The lowest BCUT2D eigenvalue weighted by atomic mass is 9.94. The molecule has 0 heterocycles. The molecule has 0 aliphatic rings. The molecule has 0 radical (unpaired) electrons. The van der Waals surface area contributed by atoms with E-state index in [1.54, 1.807) is 12.1 Å². The lowest BCUT2D eigenvalue weighted by Gasteiger charge is -2.33. The monoisotopic (exact) mass is 390 g/mol. The quantitative estimate of drug-likeness (QED) is 0.445. The number of benzene rings is 3. The van der Waals surface area contributed by atoms with Gasteiger partial charge < -0.3 is 10.6 Å². The second-order valence-electron chi connectivity index (χ2n) is 7.64. The van der Waals surface area contributed by atoms with Crippen molar-refractivity contribution in [3.63, 3.8) is 0 Å². The molecule has 3 heteroatoms. The Hall–Kier alpha value is -2.49. The first-order chi connectivity index (χ1) is 14.1. The topological polar surface area (TPSA) is 24.1 Å². The molecule has 0 saturated carbocycles. The molecule has 0 aromatic heterocycles. The summed E-state index contributed by atoms with van der Waals surface area (Å²) in [5.74, 6) is -0.206. The minimum atomic E-state index is -0.206. The first-order valence-electron chi connectivity index (χ1n) is 10.5. The molecule has 3 aromatic carbocycles. The summed E-state index contributed by atoms with van der Waals surface area (Å²) in [6.07, 6.45) is 0.952. The average molecular weight is 391 g/mol. The van der Waals surface area contributed by atoms with Crippen LogP contribution in [-0.4, -0.2) is 6.04 Å². The van der Waals surface area contributed by atoms with Crippen molar-refractivity contribution in [1.82, 2.24) is 10.6 Å². The molecular formula is C26H31FN2. The zero-order valence-corrected chi connectivity index (χ0v) is 17.5. The van der Waals surface area contributed by atoms with Crippen molar-refractivity contribution in [2.75, 3.05) is 0 Å². The average Bonchev–Trinajstić information content (AvgIpc) is 2.77. The number of hydrogen-bond acceptors (Lipinski definition) is 2. The normalized spacial score (nSPS) is 15.4. The van der Waals surface area contributed by atoms with E-state index in [2.05, 4.69) is 79.9 Å². The Morgan fingerprint density at radius 3 is 1.62 bits per heavy atom. The maximum atomic E-state index is 13.6. The third-order valence-corrected chi connectivity index (χ3v) is 5.56. The van der Waals surface area contributed by atoms with Crippen LogP contribution in [0.4, 0.5) is 4.39 Å². The molecule has 3 aromatic rings. The highest BCUT2D eigenvalue weighted by molar-refractivity contribution is 5.25. The second kappa shape index (κ2) is 10.3. The molecule has 2 nitrogen and oxygen atoms in total. The van der Waals surface area contributed by atoms with Crippen molar-refractivity contribution in [3.8, 4) is 0 Å². The lowest BCUT2D eigenvalue weighted by molar-refractivity contribution is 0.320. The second-order valence-corrected chi connectivity index (χ2v) is 7.64. The number of halogens is 1. The minimum Gasteiger partial charge on any atom is -0.306 e. The Labute approximate surface area is 174 Å². The van der Waals surface area contributed by atoms with Crippen LogP contribution in [0.25, 0.3) is 0 Å². The van der Waals surface area contributed by atoms with E-state index in [1.165, 1.54) is 11.1 Å². The fourth-order valence-corrected chi connectivity index (χ4v) is 3.83. The van der Waals surface area contributed by atoms with E-state index in [-0.39, 0.29) is 30.0 Å². The van der Waals surface area contributed by atoms with Crippen molar-refractivity contribution >= 4 is 0 Å². The molecule has 0 spiro atoms. The summed E-state index contributed by atoms with van der Waals surface area (Å²) >= 11 is 0. The van der Waals surface area contributed by atoms with Gasteiger partial charge in [0, 0.05) is 24.2 Å². The van der Waals surface area contributed by atoms with Crippen molar-refractivity contribution in [2.45, 2.75) is 51.4 Å². The Bertz CT molecular complexity index is 849. The zero-order chi connectivity index (χ0) is 20.6. The number of rotatable bonds is 9. The summed E-state index contributed by atoms with van der Waals surface area (Å²) in [5, 5.41) is 7.59. The fourth-order valence-electron chi connectivity index (χ4n) is 3.83. The molecule has 4 unspecified atom stereocenters. The van der Waals surface area contributed by atoms with Gasteiger partial charge in [0.05, 0.1) is 0 Å². The molecule has 0 saturated heterocycles. The zero-order valence-electron chi connectivity index (χ0n) is 17.5. The van der Waals surface area contributed by atoms with Gasteiger partial charge in [0.1, 0.15) is 5.82 Å². The standard InChI is InChI=1S/C26H31FN2/c1-4-25(28-19(2)21-11-7-5-8-12-21)26(23-15-17-24(27)18-16-23)29-20(3)22-13-9-6-10-14-22/h5-20,25-26,28-29H,4H2,1-3H3. The van der Waals surface area contributed by atoms with Gasteiger partial charge in [-0.05, 0) is 49.1 Å². The van der Waals surface area contributed by atoms with Crippen LogP contribution in [0.1, 0.15) is 62.0 Å². The van der Waals surface area contributed by atoms with E-state index in [0.717, 1.165) is 12.0 Å². The van der Waals surface area contributed by atoms with Gasteiger partial charge in [-0.25, -0.2) is 4.39 Å². The van der Waals surface area contributed by atoms with Crippen LogP contribution in [0.3, 0.4) is 0 Å². The Kier molecular flexibility index (Phi) is 7.56. The Morgan fingerprint density at radius 2 is 1.14 bits per heavy atom. The van der Waals surface area contributed by atoms with Crippen LogP contribution in [0, 0.1) is 5.82 Å². The summed E-state index contributed by atoms with van der Waals surface area (Å²) in [6, 6.07) is 28.4. The summed E-state index contributed by atoms with van der Waals surface area (Å²) in [5.41, 5.74) is 3.60. The molecule has 3 rings (SSSR count). The van der Waals surface area contributed by atoms with Gasteiger partial charge in [0.15, 0.2) is 0 Å². The molecular weight excluding hydrogens is 359 g/mol. The van der Waals surface area contributed by atoms with E-state index in [1.807, 2.05) is 24.3 Å². The van der Waals surface area contributed by atoms with E-state index < -0.39 is 0 Å². The summed E-state index contributed by atoms with van der Waals surface area (Å²) in [6.45, 7) is 6.57. The molecule has 29 heavy (non-hydrogen) atoms. The van der Waals surface area contributed by atoms with Gasteiger partial charge in [0.2, 0.25) is 0 Å². The van der Waals surface area contributed by atoms with Gasteiger partial charge in [0.25, 0.3) is 0 Å². The molecule has 152 valence electrons. The Balaban J connectivity index is 1.84. The maximum absolute atomic E-state index is 13.6. The third-order valence-electron chi connectivity index (χ3n) is 5.56. The van der Waals surface area contributed by atoms with Crippen LogP contribution >= 0.6 is 0 Å². The third kappa shape index (κ3) is 5.75. The minimum absolute atomic E-state index is 0.0574. The lowest BCUT2D eigenvalue weighted by Crippen LogP contribution is -2.43. The van der Waals surface area contributed by atoms with Crippen LogP contribution in [-0.2, 0) is 0 Å². The van der Waals surface area contributed by atoms with Crippen LogP contribution < -0.4 is 10.6 Å². The van der Waals surface area contributed by atoms with E-state index in [0.29, 0.717) is 0 Å². The Morgan fingerprint density at radius 1 is 0.655 bits per heavy atom. The number of nitrogens with one attached hydrogen (secondary N) is 2. The van der Waals surface area contributed by atoms with Gasteiger partial charge >= 0.3 is 0 Å². The first-order valence-corrected chi connectivity index (χ1v) is 10.5. The van der Waals surface area contributed by atoms with Gasteiger partial charge in [-0.15, -0.1) is 0 Å². The molecule has 0 fully saturated rings. The van der Waals surface area contributed by atoms with Crippen molar-refractivity contribution in [3.05, 3.63) is 107 Å². The first kappa shape index (κ1) is 21.2. The predicted octanol–water partition coefficient (Wildman–Crippen LogP) is 6.35. The summed E-state index contributed by atoms with van der Waals surface area (Å²) in [4.78, 5) is 0. The predicted molar refractivity (Wildman–Crippen MR) is 119 cm³/mol. The maximum Gasteiger partial charge on any atom is 0.123 e. The summed E-state index contributed by atoms with van der Waals surface area (Å²) < 4.78 is 13.6. The van der Waals surface area contributed by atoms with Gasteiger partial charge in [-0.2, -0.15) is 0 Å². The smallest absolute Gasteiger partial charge is 0.123 e. The van der Waals surface area contributed by atoms with Crippen LogP contribution in [0.5, 0.6) is 0 Å². The highest BCUT2D eigenvalue weighted by atomic mass is 19.1. The van der Waals surface area contributed by atoms with E-state index in [4.69, 9.17) is 0 Å². The molecule has 4 atom stereocenters. The molecule has 0 amide bonds. The molecule has 0 bridgehead atoms. The molecule has 2 N–H and O–H groups in total. The highest BCUT2D eigenvalue weighted by Crippen LogP contribution is 2.26. The summed E-state index contributed by atoms with van der Waals surface area (Å²) in [7, 11) is 0. The highest BCUT2D eigenvalue weighted by Gasteiger charge is 2.25. The molecule has 0 aliphatic heterocycles. The van der Waals surface area contributed by atoms with Crippen molar-refractivity contribution in [1.29, 1.82) is 0 Å². The number of hydrogen-bond donors (Lipinski definition) is 2.